The van der Waals surface area contributed by atoms with E-state index in [1.54, 1.807) is 0 Å². The van der Waals surface area contributed by atoms with Crippen molar-refractivity contribution >= 4 is 5.71 Å². The first-order valence-electron chi connectivity index (χ1n) is 5.03. The van der Waals surface area contributed by atoms with Gasteiger partial charge in [0.1, 0.15) is 6.54 Å². The lowest BCUT2D eigenvalue weighted by molar-refractivity contribution is -0.143. The summed E-state index contributed by atoms with van der Waals surface area (Å²) in [6.07, 6.45) is -9.42. The SMILES string of the molecule is C=C(C)/C(=N\N(C)CC(F)(F)F)C(F)(F)F.CC. The highest BCUT2D eigenvalue weighted by molar-refractivity contribution is 6.03. The molecular weight excluding hydrogens is 262 g/mol. The van der Waals surface area contributed by atoms with E-state index in [0.717, 1.165) is 14.0 Å². The average molecular weight is 278 g/mol. The Morgan fingerprint density at radius 2 is 1.50 bits per heavy atom. The molecule has 2 nitrogen and oxygen atoms in total. The fraction of sp³-hybridized carbons (Fsp3) is 0.700. The highest BCUT2D eigenvalue weighted by Crippen LogP contribution is 2.23. The van der Waals surface area contributed by atoms with Crippen molar-refractivity contribution in [1.29, 1.82) is 0 Å². The Hall–Kier alpha value is -1.21. The Balaban J connectivity index is 0. The van der Waals surface area contributed by atoms with Crippen LogP contribution in [-0.4, -0.2) is 36.7 Å². The van der Waals surface area contributed by atoms with Crippen LogP contribution in [-0.2, 0) is 0 Å². The van der Waals surface area contributed by atoms with E-state index in [0.29, 0.717) is 0 Å². The minimum absolute atomic E-state index is 0.178. The van der Waals surface area contributed by atoms with Crippen molar-refractivity contribution in [1.82, 2.24) is 5.01 Å². The zero-order valence-electron chi connectivity index (χ0n) is 10.6. The van der Waals surface area contributed by atoms with Gasteiger partial charge in [-0.3, -0.25) is 5.01 Å². The third-order valence-corrected chi connectivity index (χ3v) is 1.35. The van der Waals surface area contributed by atoms with Crippen molar-refractivity contribution < 1.29 is 26.3 Å². The number of nitrogens with zero attached hydrogens (tertiary/aromatic N) is 2. The highest BCUT2D eigenvalue weighted by Gasteiger charge is 2.37. The summed E-state index contributed by atoms with van der Waals surface area (Å²) < 4.78 is 72.3. The van der Waals surface area contributed by atoms with Gasteiger partial charge in [-0.05, 0) is 12.5 Å². The number of allylic oxidation sites excluding steroid dienone is 1. The van der Waals surface area contributed by atoms with Crippen LogP contribution in [0.2, 0.25) is 0 Å². The van der Waals surface area contributed by atoms with Gasteiger partial charge in [0.05, 0.1) is 0 Å². The fourth-order valence-corrected chi connectivity index (χ4v) is 0.850. The second-order valence-electron chi connectivity index (χ2n) is 3.16. The molecule has 18 heavy (non-hydrogen) atoms. The molecule has 0 spiro atoms. The molecule has 0 heterocycles. The molecule has 0 bridgehead atoms. The Morgan fingerprint density at radius 3 is 1.72 bits per heavy atom. The summed E-state index contributed by atoms with van der Waals surface area (Å²) in [5.41, 5.74) is -1.86. The van der Waals surface area contributed by atoms with E-state index < -0.39 is 30.2 Å². The molecule has 0 amide bonds. The first-order chi connectivity index (χ1) is 7.93. The molecule has 0 radical (unpaired) electrons. The van der Waals surface area contributed by atoms with E-state index in [-0.39, 0.29) is 5.01 Å². The molecule has 0 aromatic carbocycles. The molecule has 0 atom stereocenters. The summed E-state index contributed by atoms with van der Waals surface area (Å²) in [6.45, 7) is 6.48. The molecule has 0 aromatic heterocycles. The summed E-state index contributed by atoms with van der Waals surface area (Å²) in [6, 6.07) is 0. The Bertz CT molecular complexity index is 290. The van der Waals surface area contributed by atoms with Gasteiger partial charge in [-0.25, -0.2) is 0 Å². The molecule has 0 fully saturated rings. The fourth-order valence-electron chi connectivity index (χ4n) is 0.850. The van der Waals surface area contributed by atoms with E-state index in [9.17, 15) is 26.3 Å². The molecule has 0 rings (SSSR count). The lowest BCUT2D eigenvalue weighted by Crippen LogP contribution is -2.32. The van der Waals surface area contributed by atoms with Gasteiger partial charge in [-0.2, -0.15) is 31.4 Å². The average Bonchev–Trinajstić information content (AvgIpc) is 2.12. The first kappa shape index (κ1) is 19.1. The van der Waals surface area contributed by atoms with Crippen molar-refractivity contribution in [3.8, 4) is 0 Å². The van der Waals surface area contributed by atoms with Gasteiger partial charge in [0, 0.05) is 7.05 Å². The number of hydrazone groups is 1. The van der Waals surface area contributed by atoms with Crippen molar-refractivity contribution in [2.24, 2.45) is 5.10 Å². The van der Waals surface area contributed by atoms with E-state index in [2.05, 4.69) is 11.7 Å². The third kappa shape index (κ3) is 8.89. The Labute approximate surface area is 102 Å². The summed E-state index contributed by atoms with van der Waals surface area (Å²) in [5.74, 6) is 0. The van der Waals surface area contributed by atoms with E-state index in [1.807, 2.05) is 13.8 Å². The van der Waals surface area contributed by atoms with Crippen molar-refractivity contribution in [2.45, 2.75) is 33.1 Å². The standard InChI is InChI=1S/C8H10F6N2.C2H6/c1-5(2)6(8(12,13)14)15-16(3)4-7(9,10)11;1-2/h1,4H2,2-3H3;1-2H3/b15-6+;. The third-order valence-electron chi connectivity index (χ3n) is 1.35. The van der Waals surface area contributed by atoms with Gasteiger partial charge in [-0.1, -0.05) is 20.4 Å². The topological polar surface area (TPSA) is 15.6 Å². The number of halogens is 6. The van der Waals surface area contributed by atoms with Gasteiger partial charge in [0.2, 0.25) is 0 Å². The van der Waals surface area contributed by atoms with Crippen molar-refractivity contribution in [2.75, 3.05) is 13.6 Å². The molecule has 0 aliphatic rings. The predicted octanol–water partition coefficient (Wildman–Crippen LogP) is 4.00. The zero-order valence-corrected chi connectivity index (χ0v) is 10.6. The van der Waals surface area contributed by atoms with Crippen LogP contribution in [0.15, 0.2) is 17.3 Å². The quantitative estimate of drug-likeness (QED) is 0.433. The van der Waals surface area contributed by atoms with Crippen LogP contribution < -0.4 is 0 Å². The van der Waals surface area contributed by atoms with Gasteiger partial charge in [-0.15, -0.1) is 0 Å². The molecule has 0 aliphatic heterocycles. The summed E-state index contributed by atoms with van der Waals surface area (Å²) in [7, 11) is 0.808. The van der Waals surface area contributed by atoms with Crippen LogP contribution in [0.3, 0.4) is 0 Å². The molecular formula is C10H16F6N2. The monoisotopic (exact) mass is 278 g/mol. The van der Waals surface area contributed by atoms with Crippen LogP contribution in [0, 0.1) is 0 Å². The first-order valence-corrected chi connectivity index (χ1v) is 5.03. The summed E-state index contributed by atoms with van der Waals surface area (Å²) in [4.78, 5) is 0. The largest absolute Gasteiger partial charge is 0.435 e. The number of hydrogen-bond donors (Lipinski definition) is 0. The maximum Gasteiger partial charge on any atom is 0.435 e. The van der Waals surface area contributed by atoms with Crippen LogP contribution in [0.4, 0.5) is 26.3 Å². The molecule has 8 heteroatoms. The number of rotatable bonds is 3. The maximum atomic E-state index is 12.3. The van der Waals surface area contributed by atoms with Crippen molar-refractivity contribution in [3.63, 3.8) is 0 Å². The van der Waals surface area contributed by atoms with Crippen LogP contribution >= 0.6 is 0 Å². The Kier molecular flexibility index (Phi) is 7.73. The highest BCUT2D eigenvalue weighted by atomic mass is 19.4. The van der Waals surface area contributed by atoms with Crippen LogP contribution in [0.5, 0.6) is 0 Å². The van der Waals surface area contributed by atoms with Crippen molar-refractivity contribution in [3.05, 3.63) is 12.2 Å². The van der Waals surface area contributed by atoms with Gasteiger partial charge in [0.25, 0.3) is 0 Å². The molecule has 0 saturated heterocycles. The lowest BCUT2D eigenvalue weighted by atomic mass is 10.2. The number of alkyl halides is 6. The minimum Gasteiger partial charge on any atom is -0.290 e. The zero-order chi connectivity index (χ0) is 15.1. The predicted molar refractivity (Wildman–Crippen MR) is 58.3 cm³/mol. The smallest absolute Gasteiger partial charge is 0.290 e. The minimum atomic E-state index is -4.81. The molecule has 0 unspecified atom stereocenters. The van der Waals surface area contributed by atoms with E-state index in [4.69, 9.17) is 0 Å². The molecule has 0 aromatic rings. The summed E-state index contributed by atoms with van der Waals surface area (Å²) in [5, 5.41) is 3.02. The second kappa shape index (κ2) is 7.27. The normalized spacial score (nSPS) is 12.7. The molecule has 0 aliphatic carbocycles. The van der Waals surface area contributed by atoms with E-state index >= 15 is 0 Å². The van der Waals surface area contributed by atoms with Gasteiger partial charge < -0.3 is 0 Å². The molecule has 108 valence electrons. The Morgan fingerprint density at radius 1 is 1.11 bits per heavy atom. The van der Waals surface area contributed by atoms with Gasteiger partial charge in [0.15, 0.2) is 5.71 Å². The molecule has 0 N–H and O–H groups in total. The number of hydrogen-bond acceptors (Lipinski definition) is 2. The lowest BCUT2D eigenvalue weighted by Gasteiger charge is -2.18. The molecule has 0 saturated carbocycles. The maximum absolute atomic E-state index is 12.3. The van der Waals surface area contributed by atoms with E-state index in [1.165, 1.54) is 0 Å². The second-order valence-corrected chi connectivity index (χ2v) is 3.16. The van der Waals surface area contributed by atoms with Crippen LogP contribution in [0.1, 0.15) is 20.8 Å². The van der Waals surface area contributed by atoms with Crippen LogP contribution in [0.25, 0.3) is 0 Å². The summed E-state index contributed by atoms with van der Waals surface area (Å²) >= 11 is 0. The van der Waals surface area contributed by atoms with Gasteiger partial charge >= 0.3 is 12.4 Å².